The standard InChI is InChI=1S/C14H16ClFN2/c1-2-17-9-13-4-3-7-18(13)10-11-8-12(16)5-6-14(11)15/h3-8,17H,2,9-10H2,1H3. The molecule has 2 aromatic rings. The summed E-state index contributed by atoms with van der Waals surface area (Å²) < 4.78 is 15.3. The molecule has 96 valence electrons. The van der Waals surface area contributed by atoms with Crippen molar-refractivity contribution in [3.63, 3.8) is 0 Å². The Balaban J connectivity index is 2.18. The Morgan fingerprint density at radius 3 is 2.94 bits per heavy atom. The largest absolute Gasteiger partial charge is 0.346 e. The summed E-state index contributed by atoms with van der Waals surface area (Å²) in [5, 5.41) is 3.87. The second-order valence-electron chi connectivity index (χ2n) is 4.14. The lowest BCUT2D eigenvalue weighted by molar-refractivity contribution is 0.620. The van der Waals surface area contributed by atoms with Crippen LogP contribution >= 0.6 is 11.6 Å². The third-order valence-corrected chi connectivity index (χ3v) is 3.20. The van der Waals surface area contributed by atoms with E-state index >= 15 is 0 Å². The monoisotopic (exact) mass is 266 g/mol. The van der Waals surface area contributed by atoms with Gasteiger partial charge in [0.1, 0.15) is 5.82 Å². The molecule has 0 aliphatic rings. The third kappa shape index (κ3) is 3.12. The zero-order chi connectivity index (χ0) is 13.0. The van der Waals surface area contributed by atoms with E-state index in [0.29, 0.717) is 11.6 Å². The summed E-state index contributed by atoms with van der Waals surface area (Å²) in [6.45, 7) is 4.38. The van der Waals surface area contributed by atoms with Gasteiger partial charge in [0.15, 0.2) is 0 Å². The fraction of sp³-hybridized carbons (Fsp3) is 0.286. The van der Waals surface area contributed by atoms with Crippen LogP contribution in [0, 0.1) is 5.82 Å². The average Bonchev–Trinajstić information content (AvgIpc) is 2.79. The normalized spacial score (nSPS) is 10.8. The Bertz CT molecular complexity index is 522. The second-order valence-corrected chi connectivity index (χ2v) is 4.55. The Labute approximate surface area is 111 Å². The van der Waals surface area contributed by atoms with Gasteiger partial charge in [0.05, 0.1) is 0 Å². The molecule has 2 nitrogen and oxygen atoms in total. The van der Waals surface area contributed by atoms with Crippen molar-refractivity contribution in [3.05, 3.63) is 58.6 Å². The highest BCUT2D eigenvalue weighted by Gasteiger charge is 2.06. The van der Waals surface area contributed by atoms with Gasteiger partial charge in [-0.1, -0.05) is 18.5 Å². The highest BCUT2D eigenvalue weighted by Crippen LogP contribution is 2.19. The Morgan fingerprint density at radius 2 is 2.17 bits per heavy atom. The van der Waals surface area contributed by atoms with Crippen LogP contribution in [0.2, 0.25) is 5.02 Å². The van der Waals surface area contributed by atoms with Crippen LogP contribution in [0.15, 0.2) is 36.5 Å². The predicted octanol–water partition coefficient (Wildman–Crippen LogP) is 3.44. The van der Waals surface area contributed by atoms with Gasteiger partial charge in [0.2, 0.25) is 0 Å². The molecule has 0 saturated heterocycles. The number of nitrogens with one attached hydrogen (secondary N) is 1. The highest BCUT2D eigenvalue weighted by molar-refractivity contribution is 6.31. The number of hydrogen-bond donors (Lipinski definition) is 1. The van der Waals surface area contributed by atoms with Crippen LogP contribution in [-0.2, 0) is 13.1 Å². The van der Waals surface area contributed by atoms with Gasteiger partial charge in [-0.2, -0.15) is 0 Å². The number of rotatable bonds is 5. The van der Waals surface area contributed by atoms with Crippen molar-refractivity contribution in [2.24, 2.45) is 0 Å². The summed E-state index contributed by atoms with van der Waals surface area (Å²) in [4.78, 5) is 0. The number of aromatic nitrogens is 1. The van der Waals surface area contributed by atoms with Crippen LogP contribution in [0.25, 0.3) is 0 Å². The lowest BCUT2D eigenvalue weighted by atomic mass is 10.2. The molecule has 0 atom stereocenters. The lowest BCUT2D eigenvalue weighted by Gasteiger charge is -2.11. The summed E-state index contributed by atoms with van der Waals surface area (Å²) in [5.74, 6) is -0.255. The van der Waals surface area contributed by atoms with E-state index in [2.05, 4.69) is 22.9 Å². The van der Waals surface area contributed by atoms with Crippen molar-refractivity contribution in [1.29, 1.82) is 0 Å². The van der Waals surface area contributed by atoms with Gasteiger partial charge in [0, 0.05) is 30.0 Å². The van der Waals surface area contributed by atoms with Crippen molar-refractivity contribution in [1.82, 2.24) is 9.88 Å². The van der Waals surface area contributed by atoms with Crippen LogP contribution in [0.3, 0.4) is 0 Å². The summed E-state index contributed by atoms with van der Waals surface area (Å²) in [5.41, 5.74) is 1.96. The van der Waals surface area contributed by atoms with Crippen molar-refractivity contribution >= 4 is 11.6 Å². The lowest BCUT2D eigenvalue weighted by Crippen LogP contribution is -2.15. The number of hydrogen-bond acceptors (Lipinski definition) is 1. The van der Waals surface area contributed by atoms with Gasteiger partial charge in [-0.25, -0.2) is 4.39 Å². The Morgan fingerprint density at radius 1 is 1.33 bits per heavy atom. The number of nitrogens with zero attached hydrogens (tertiary/aromatic N) is 1. The molecule has 1 heterocycles. The maximum Gasteiger partial charge on any atom is 0.123 e. The number of benzene rings is 1. The first-order valence-electron chi connectivity index (χ1n) is 5.99. The molecule has 2 rings (SSSR count). The maximum absolute atomic E-state index is 13.2. The quantitative estimate of drug-likeness (QED) is 0.877. The van der Waals surface area contributed by atoms with Gasteiger partial charge in [-0.15, -0.1) is 0 Å². The van der Waals surface area contributed by atoms with Crippen LogP contribution in [0.1, 0.15) is 18.2 Å². The molecule has 0 aliphatic heterocycles. The Kier molecular flexibility index (Phi) is 4.39. The summed E-state index contributed by atoms with van der Waals surface area (Å²) in [6.07, 6.45) is 1.98. The van der Waals surface area contributed by atoms with Gasteiger partial charge in [0.25, 0.3) is 0 Å². The minimum atomic E-state index is -0.255. The van der Waals surface area contributed by atoms with Crippen LogP contribution < -0.4 is 5.32 Å². The second kappa shape index (κ2) is 6.03. The molecule has 0 spiro atoms. The van der Waals surface area contributed by atoms with Gasteiger partial charge >= 0.3 is 0 Å². The van der Waals surface area contributed by atoms with E-state index in [-0.39, 0.29) is 5.82 Å². The van der Waals surface area contributed by atoms with Crippen LogP contribution in [0.5, 0.6) is 0 Å². The van der Waals surface area contributed by atoms with E-state index in [0.717, 1.165) is 24.3 Å². The van der Waals surface area contributed by atoms with Crippen LogP contribution in [-0.4, -0.2) is 11.1 Å². The molecule has 0 saturated carbocycles. The fourth-order valence-corrected chi connectivity index (χ4v) is 2.04. The maximum atomic E-state index is 13.2. The molecule has 4 heteroatoms. The molecule has 0 bridgehead atoms. The van der Waals surface area contributed by atoms with Crippen molar-refractivity contribution in [2.45, 2.75) is 20.0 Å². The summed E-state index contributed by atoms with van der Waals surface area (Å²) >= 11 is 6.07. The van der Waals surface area contributed by atoms with E-state index in [1.54, 1.807) is 6.07 Å². The molecule has 0 aliphatic carbocycles. The van der Waals surface area contributed by atoms with Crippen LogP contribution in [0.4, 0.5) is 4.39 Å². The van der Waals surface area contributed by atoms with E-state index < -0.39 is 0 Å². The summed E-state index contributed by atoms with van der Waals surface area (Å²) in [7, 11) is 0. The van der Waals surface area contributed by atoms with E-state index in [1.807, 2.05) is 12.3 Å². The molecule has 1 aromatic heterocycles. The third-order valence-electron chi connectivity index (χ3n) is 2.83. The van der Waals surface area contributed by atoms with Gasteiger partial charge < -0.3 is 9.88 Å². The first-order valence-corrected chi connectivity index (χ1v) is 6.37. The van der Waals surface area contributed by atoms with E-state index in [9.17, 15) is 4.39 Å². The highest BCUT2D eigenvalue weighted by atomic mass is 35.5. The topological polar surface area (TPSA) is 17.0 Å². The van der Waals surface area contributed by atoms with E-state index in [1.165, 1.54) is 12.1 Å². The molecule has 18 heavy (non-hydrogen) atoms. The minimum Gasteiger partial charge on any atom is -0.346 e. The van der Waals surface area contributed by atoms with Gasteiger partial charge in [-0.3, -0.25) is 0 Å². The van der Waals surface area contributed by atoms with Crippen molar-refractivity contribution < 1.29 is 4.39 Å². The zero-order valence-electron chi connectivity index (χ0n) is 10.3. The smallest absolute Gasteiger partial charge is 0.123 e. The minimum absolute atomic E-state index is 0.255. The molecule has 1 aromatic carbocycles. The Hall–Kier alpha value is -1.32. The molecular weight excluding hydrogens is 251 g/mol. The van der Waals surface area contributed by atoms with E-state index in [4.69, 9.17) is 11.6 Å². The molecule has 0 fully saturated rings. The first kappa shape index (κ1) is 13.1. The first-order chi connectivity index (χ1) is 8.70. The predicted molar refractivity (Wildman–Crippen MR) is 72.3 cm³/mol. The zero-order valence-corrected chi connectivity index (χ0v) is 11.0. The molecule has 0 amide bonds. The SMILES string of the molecule is CCNCc1cccn1Cc1cc(F)ccc1Cl. The molecular formula is C14H16ClFN2. The molecule has 1 N–H and O–H groups in total. The molecule has 0 radical (unpaired) electrons. The van der Waals surface area contributed by atoms with Crippen molar-refractivity contribution in [2.75, 3.05) is 6.54 Å². The fourth-order valence-electron chi connectivity index (χ4n) is 1.87. The summed E-state index contributed by atoms with van der Waals surface area (Å²) in [6, 6.07) is 8.50. The number of halogens is 2. The van der Waals surface area contributed by atoms with Crippen molar-refractivity contribution in [3.8, 4) is 0 Å². The van der Waals surface area contributed by atoms with Gasteiger partial charge in [-0.05, 0) is 42.4 Å². The average molecular weight is 267 g/mol. The molecule has 0 unspecified atom stereocenters.